The topological polar surface area (TPSA) is 34.0 Å². The number of carbonyl (C=O) groups excluding carboxylic acids is 1. The van der Waals surface area contributed by atoms with Crippen molar-refractivity contribution in [2.45, 2.75) is 58.5 Å². The van der Waals surface area contributed by atoms with Gasteiger partial charge in [0.2, 0.25) is 0 Å². The summed E-state index contributed by atoms with van der Waals surface area (Å²) in [5, 5.41) is 3.20. The maximum atomic E-state index is 12.4. The maximum Gasteiger partial charge on any atom is 0.268 e. The van der Waals surface area contributed by atoms with E-state index < -0.39 is 0 Å². The molecule has 1 saturated carbocycles. The van der Waals surface area contributed by atoms with Gasteiger partial charge in [-0.2, -0.15) is 0 Å². The van der Waals surface area contributed by atoms with Crippen LogP contribution < -0.4 is 5.32 Å². The molecule has 0 radical (unpaired) electrons. The number of halogens is 1. The Kier molecular flexibility index (Phi) is 5.08. The van der Waals surface area contributed by atoms with Crippen molar-refractivity contribution in [1.82, 2.24) is 9.88 Å². The zero-order valence-corrected chi connectivity index (χ0v) is 13.4. The van der Waals surface area contributed by atoms with E-state index in [-0.39, 0.29) is 5.91 Å². The Morgan fingerprint density at radius 1 is 1.53 bits per heavy atom. The maximum absolute atomic E-state index is 12.4. The summed E-state index contributed by atoms with van der Waals surface area (Å²) in [5.41, 5.74) is 0.770. The Balaban J connectivity index is 2.02. The summed E-state index contributed by atoms with van der Waals surface area (Å²) in [6.07, 6.45) is 7.77. The lowest BCUT2D eigenvalue weighted by atomic mass is 9.87. The minimum absolute atomic E-state index is 0.0678. The molecule has 2 rings (SSSR count). The van der Waals surface area contributed by atoms with Gasteiger partial charge in [-0.05, 0) is 47.2 Å². The van der Waals surface area contributed by atoms with E-state index in [1.807, 2.05) is 16.8 Å². The molecule has 0 aliphatic heterocycles. The monoisotopic (exact) mass is 326 g/mol. The van der Waals surface area contributed by atoms with Crippen molar-refractivity contribution in [2.75, 3.05) is 0 Å². The van der Waals surface area contributed by atoms with Gasteiger partial charge in [0, 0.05) is 23.3 Å². The van der Waals surface area contributed by atoms with E-state index in [0.717, 1.165) is 41.9 Å². The molecule has 1 fully saturated rings. The highest BCUT2D eigenvalue weighted by Crippen LogP contribution is 2.24. The third kappa shape index (κ3) is 3.85. The number of aryl methyl sites for hydroxylation is 1. The molecular weight excluding hydrogens is 304 g/mol. The van der Waals surface area contributed by atoms with Crippen molar-refractivity contribution >= 4 is 21.8 Å². The summed E-state index contributed by atoms with van der Waals surface area (Å²) in [6.45, 7) is 5.28. The lowest BCUT2D eigenvalue weighted by molar-refractivity contribution is 0.0912. The molecule has 2 atom stereocenters. The normalized spacial score (nSPS) is 23.3. The second-order valence-corrected chi connectivity index (χ2v) is 6.59. The number of nitrogens with zero attached hydrogens (tertiary/aromatic N) is 1. The molecule has 0 bridgehead atoms. The van der Waals surface area contributed by atoms with Crippen LogP contribution in [0.5, 0.6) is 0 Å². The predicted molar refractivity (Wildman–Crippen MR) is 81.3 cm³/mol. The second kappa shape index (κ2) is 6.60. The van der Waals surface area contributed by atoms with E-state index >= 15 is 0 Å². The fourth-order valence-corrected chi connectivity index (χ4v) is 3.38. The first-order chi connectivity index (χ1) is 9.10. The molecule has 19 heavy (non-hydrogen) atoms. The quantitative estimate of drug-likeness (QED) is 0.892. The number of amides is 1. The highest BCUT2D eigenvalue weighted by atomic mass is 79.9. The molecule has 1 aliphatic carbocycles. The number of carbonyl (C=O) groups is 1. The van der Waals surface area contributed by atoms with Crippen LogP contribution in [0.25, 0.3) is 0 Å². The van der Waals surface area contributed by atoms with Gasteiger partial charge in [0.25, 0.3) is 5.91 Å². The van der Waals surface area contributed by atoms with Crippen LogP contribution >= 0.6 is 15.9 Å². The van der Waals surface area contributed by atoms with Crippen molar-refractivity contribution < 1.29 is 4.79 Å². The molecule has 4 heteroatoms. The fraction of sp³-hybridized carbons (Fsp3) is 0.667. The molecule has 106 valence electrons. The number of aromatic nitrogens is 1. The van der Waals surface area contributed by atoms with E-state index in [1.54, 1.807) is 0 Å². The van der Waals surface area contributed by atoms with Gasteiger partial charge in [-0.1, -0.05) is 26.7 Å². The lowest BCUT2D eigenvalue weighted by Gasteiger charge is -2.27. The largest absolute Gasteiger partial charge is 0.348 e. The van der Waals surface area contributed by atoms with Crippen molar-refractivity contribution in [3.63, 3.8) is 0 Å². The third-order valence-corrected chi connectivity index (χ3v) is 4.27. The first-order valence-electron chi connectivity index (χ1n) is 7.26. The van der Waals surface area contributed by atoms with E-state index in [9.17, 15) is 4.79 Å². The molecule has 0 aromatic carbocycles. The second-order valence-electron chi connectivity index (χ2n) is 5.68. The van der Waals surface area contributed by atoms with E-state index in [2.05, 4.69) is 35.1 Å². The van der Waals surface area contributed by atoms with E-state index in [1.165, 1.54) is 12.8 Å². The average molecular weight is 327 g/mol. The average Bonchev–Trinajstić information content (AvgIpc) is 2.71. The standard InChI is InChI=1S/C15H23BrN2O/c1-3-7-18-10-12(16)9-14(18)15(19)17-13-6-4-5-11(2)8-13/h9-11,13H,3-8H2,1-2H3,(H,17,19). The zero-order valence-electron chi connectivity index (χ0n) is 11.8. The van der Waals surface area contributed by atoms with Crippen LogP contribution in [0.4, 0.5) is 0 Å². The molecule has 1 aliphatic rings. The Labute approximate surface area is 123 Å². The van der Waals surface area contributed by atoms with Crippen molar-refractivity contribution in [2.24, 2.45) is 5.92 Å². The van der Waals surface area contributed by atoms with Crippen LogP contribution in [0.1, 0.15) is 56.4 Å². The minimum atomic E-state index is 0.0678. The molecule has 0 saturated heterocycles. The SMILES string of the molecule is CCCn1cc(Br)cc1C(=O)NC1CCCC(C)C1. The summed E-state index contributed by atoms with van der Waals surface area (Å²) in [6, 6.07) is 2.26. The number of hydrogen-bond donors (Lipinski definition) is 1. The summed E-state index contributed by atoms with van der Waals surface area (Å²) >= 11 is 3.46. The van der Waals surface area contributed by atoms with Crippen molar-refractivity contribution in [3.05, 3.63) is 22.4 Å². The Hall–Kier alpha value is -0.770. The molecule has 3 nitrogen and oxygen atoms in total. The van der Waals surface area contributed by atoms with Gasteiger partial charge in [0.15, 0.2) is 0 Å². The summed E-state index contributed by atoms with van der Waals surface area (Å²) in [5.74, 6) is 0.798. The van der Waals surface area contributed by atoms with Crippen LogP contribution in [-0.2, 0) is 6.54 Å². The first kappa shape index (κ1) is 14.6. The summed E-state index contributed by atoms with van der Waals surface area (Å²) in [4.78, 5) is 12.4. The summed E-state index contributed by atoms with van der Waals surface area (Å²) < 4.78 is 3.01. The molecule has 1 aromatic heterocycles. The van der Waals surface area contributed by atoms with Gasteiger partial charge >= 0.3 is 0 Å². The molecule has 1 aromatic rings. The highest BCUT2D eigenvalue weighted by Gasteiger charge is 2.22. The van der Waals surface area contributed by atoms with Gasteiger partial charge < -0.3 is 9.88 Å². The zero-order chi connectivity index (χ0) is 13.8. The van der Waals surface area contributed by atoms with Gasteiger partial charge in [-0.25, -0.2) is 0 Å². The number of hydrogen-bond acceptors (Lipinski definition) is 1. The Morgan fingerprint density at radius 3 is 3.00 bits per heavy atom. The molecule has 1 amide bonds. The van der Waals surface area contributed by atoms with Crippen molar-refractivity contribution in [3.8, 4) is 0 Å². The van der Waals surface area contributed by atoms with Gasteiger partial charge in [-0.15, -0.1) is 0 Å². The Bertz CT molecular complexity index is 441. The number of rotatable bonds is 4. The van der Waals surface area contributed by atoms with Crippen LogP contribution in [-0.4, -0.2) is 16.5 Å². The minimum Gasteiger partial charge on any atom is -0.348 e. The van der Waals surface area contributed by atoms with E-state index in [0.29, 0.717) is 6.04 Å². The molecule has 0 spiro atoms. The first-order valence-corrected chi connectivity index (χ1v) is 8.06. The van der Waals surface area contributed by atoms with Gasteiger partial charge in [-0.3, -0.25) is 4.79 Å². The van der Waals surface area contributed by atoms with E-state index in [4.69, 9.17) is 0 Å². The Morgan fingerprint density at radius 2 is 2.32 bits per heavy atom. The van der Waals surface area contributed by atoms with Crippen LogP contribution in [0, 0.1) is 5.92 Å². The third-order valence-electron chi connectivity index (χ3n) is 3.83. The van der Waals surface area contributed by atoms with Gasteiger partial charge in [0.05, 0.1) is 0 Å². The molecule has 2 unspecified atom stereocenters. The predicted octanol–water partition coefficient (Wildman–Crippen LogP) is 3.97. The van der Waals surface area contributed by atoms with Gasteiger partial charge in [0.1, 0.15) is 5.69 Å². The van der Waals surface area contributed by atoms with Crippen LogP contribution in [0.2, 0.25) is 0 Å². The number of nitrogens with one attached hydrogen (secondary N) is 1. The fourth-order valence-electron chi connectivity index (χ4n) is 2.92. The molecular formula is C15H23BrN2O. The molecule has 1 N–H and O–H groups in total. The smallest absolute Gasteiger partial charge is 0.268 e. The summed E-state index contributed by atoms with van der Waals surface area (Å²) in [7, 11) is 0. The van der Waals surface area contributed by atoms with Crippen molar-refractivity contribution in [1.29, 1.82) is 0 Å². The molecule has 1 heterocycles. The van der Waals surface area contributed by atoms with Crippen LogP contribution in [0.15, 0.2) is 16.7 Å². The van der Waals surface area contributed by atoms with Crippen LogP contribution in [0.3, 0.4) is 0 Å². The lowest BCUT2D eigenvalue weighted by Crippen LogP contribution is -2.38. The highest BCUT2D eigenvalue weighted by molar-refractivity contribution is 9.10.